The van der Waals surface area contributed by atoms with Crippen LogP contribution in [-0.2, 0) is 39.8 Å². The molecule has 4 nitrogen and oxygen atoms in total. The Bertz CT molecular complexity index is 958. The van der Waals surface area contributed by atoms with Gasteiger partial charge in [0.25, 0.3) is 5.56 Å². The third-order valence-corrected chi connectivity index (χ3v) is 5.47. The summed E-state index contributed by atoms with van der Waals surface area (Å²) in [5, 5.41) is 11.7. The zero-order valence-corrected chi connectivity index (χ0v) is 19.7. The average Bonchev–Trinajstić information content (AvgIpc) is 3.35. The fraction of sp³-hybridized carbons (Fsp3) is 0.350. The van der Waals surface area contributed by atoms with Crippen LogP contribution >= 0.6 is 11.3 Å². The van der Waals surface area contributed by atoms with E-state index in [1.54, 1.807) is 11.6 Å². The first-order valence-electron chi connectivity index (χ1n) is 8.36. The summed E-state index contributed by atoms with van der Waals surface area (Å²) < 4.78 is 2.27. The van der Waals surface area contributed by atoms with Crippen LogP contribution in [0.2, 0.25) is 0 Å². The van der Waals surface area contributed by atoms with Gasteiger partial charge < -0.3 is 12.5 Å². The molecule has 2 aromatic heterocycles. The topological polar surface area (TPSA) is 55.1 Å². The van der Waals surface area contributed by atoms with Crippen molar-refractivity contribution in [2.75, 3.05) is 0 Å². The van der Waals surface area contributed by atoms with Crippen molar-refractivity contribution in [3.63, 3.8) is 0 Å². The Morgan fingerprint density at radius 2 is 1.85 bits per heavy atom. The summed E-state index contributed by atoms with van der Waals surface area (Å²) in [4.78, 5) is 17.3. The third-order valence-electron chi connectivity index (χ3n) is 4.25. The molecule has 6 heteroatoms. The maximum Gasteiger partial charge on any atom is 0.263 e. The Kier molecular flexibility index (Phi) is 8.18. The number of hydrogen-bond acceptors (Lipinski definition) is 4. The molecule has 137 valence electrons. The van der Waals surface area contributed by atoms with Gasteiger partial charge in [-0.25, -0.2) is 4.98 Å². The van der Waals surface area contributed by atoms with Crippen LogP contribution in [0.1, 0.15) is 43.2 Å². The van der Waals surface area contributed by atoms with Crippen molar-refractivity contribution in [3.05, 3.63) is 52.6 Å². The predicted molar refractivity (Wildman–Crippen MR) is 106 cm³/mol. The first-order valence-corrected chi connectivity index (χ1v) is 9.18. The molecule has 0 aliphatic heterocycles. The van der Waals surface area contributed by atoms with Crippen molar-refractivity contribution >= 4 is 21.7 Å². The second kappa shape index (κ2) is 9.25. The first-order chi connectivity index (χ1) is 11.6. The maximum absolute atomic E-state index is 12.7. The van der Waals surface area contributed by atoms with E-state index in [-0.39, 0.29) is 51.4 Å². The van der Waals surface area contributed by atoms with Crippen LogP contribution in [0.25, 0.3) is 21.5 Å². The number of pyridine rings is 1. The van der Waals surface area contributed by atoms with Gasteiger partial charge in [0.05, 0.1) is 10.6 Å². The molecule has 3 aromatic rings. The van der Waals surface area contributed by atoms with Gasteiger partial charge in [-0.15, -0.1) is 11.3 Å². The molecule has 1 fully saturated rings. The summed E-state index contributed by atoms with van der Waals surface area (Å²) >= 11 is 1.51. The van der Waals surface area contributed by atoms with Crippen LogP contribution in [0.15, 0.2) is 29.1 Å². The fourth-order valence-electron chi connectivity index (χ4n) is 2.79. The van der Waals surface area contributed by atoms with Gasteiger partial charge in [-0.3, -0.25) is 9.36 Å². The second-order valence-electron chi connectivity index (χ2n) is 5.88. The van der Waals surface area contributed by atoms with Gasteiger partial charge in [0.15, 0.2) is 5.65 Å². The molecule has 0 spiro atoms. The standard InChI is InChI=1S/C17H16N2O2S.C2H6.CH3.Y/c1-9-5-3-4-6-11(9)12-13(20)14-15(19(2)17(12)21)18-16(22-14)10-7-8-10;1-2;;/h3-6,10,20H,7-8H2,1-2H3;1-2H3;1H3;/q;;-1;. The molecule has 1 aliphatic rings. The average molecular weight is 446 g/mol. The summed E-state index contributed by atoms with van der Waals surface area (Å²) in [7, 11) is 1.72. The predicted octanol–water partition coefficient (Wildman–Crippen LogP) is 5.03. The minimum absolute atomic E-state index is 0. The van der Waals surface area contributed by atoms with Crippen molar-refractivity contribution in [2.45, 2.75) is 39.5 Å². The van der Waals surface area contributed by atoms with Crippen molar-refractivity contribution in [2.24, 2.45) is 7.05 Å². The van der Waals surface area contributed by atoms with Crippen molar-refractivity contribution in [1.29, 1.82) is 0 Å². The number of aryl methyl sites for hydroxylation is 2. The fourth-order valence-corrected chi connectivity index (χ4v) is 4.01. The quantitative estimate of drug-likeness (QED) is 0.562. The van der Waals surface area contributed by atoms with E-state index in [2.05, 4.69) is 4.98 Å². The molecule has 0 unspecified atom stereocenters. The third kappa shape index (κ3) is 3.95. The van der Waals surface area contributed by atoms with E-state index in [4.69, 9.17) is 0 Å². The Labute approximate surface area is 184 Å². The van der Waals surface area contributed by atoms with Crippen molar-refractivity contribution < 1.29 is 37.8 Å². The largest absolute Gasteiger partial charge is 0.505 e. The zero-order chi connectivity index (χ0) is 17.4. The van der Waals surface area contributed by atoms with E-state index >= 15 is 0 Å². The molecule has 1 aromatic carbocycles. The molecular weight excluding hydrogens is 421 g/mol. The number of aromatic nitrogens is 2. The molecule has 0 saturated heterocycles. The van der Waals surface area contributed by atoms with Crippen LogP contribution in [0.5, 0.6) is 5.75 Å². The first kappa shape index (κ1) is 23.0. The van der Waals surface area contributed by atoms with Crippen molar-refractivity contribution in [1.82, 2.24) is 9.55 Å². The van der Waals surface area contributed by atoms with Crippen LogP contribution in [-0.4, -0.2) is 14.7 Å². The van der Waals surface area contributed by atoms with Gasteiger partial charge in [0.2, 0.25) is 0 Å². The normalized spacial score (nSPS) is 12.6. The van der Waals surface area contributed by atoms with E-state index in [1.165, 1.54) is 11.3 Å². The number of hydrogen-bond donors (Lipinski definition) is 1. The molecule has 1 radical (unpaired) electrons. The van der Waals surface area contributed by atoms with E-state index in [9.17, 15) is 9.90 Å². The van der Waals surface area contributed by atoms with Crippen LogP contribution < -0.4 is 5.56 Å². The SMILES string of the molecule is CC.Cc1ccccc1-c1c(O)c2sc(C3CC3)nc2n(C)c1=O.[CH3-].[Y]. The monoisotopic (exact) mass is 446 g/mol. The van der Waals surface area contributed by atoms with Gasteiger partial charge in [-0.05, 0) is 30.9 Å². The molecule has 26 heavy (non-hydrogen) atoms. The molecule has 0 amide bonds. The maximum atomic E-state index is 12.7. The summed E-state index contributed by atoms with van der Waals surface area (Å²) in [6, 6.07) is 7.63. The van der Waals surface area contributed by atoms with E-state index < -0.39 is 0 Å². The molecule has 4 rings (SSSR count). The smallest absolute Gasteiger partial charge is 0.263 e. The van der Waals surface area contributed by atoms with Crippen LogP contribution in [0, 0.1) is 14.4 Å². The Morgan fingerprint density at radius 1 is 1.23 bits per heavy atom. The van der Waals surface area contributed by atoms with Gasteiger partial charge in [-0.1, -0.05) is 38.1 Å². The Balaban J connectivity index is 0.000000818. The van der Waals surface area contributed by atoms with Gasteiger partial charge in [0.1, 0.15) is 10.4 Å². The van der Waals surface area contributed by atoms with E-state index in [1.807, 2.05) is 45.0 Å². The van der Waals surface area contributed by atoms with Crippen LogP contribution in [0.3, 0.4) is 0 Å². The minimum Gasteiger partial charge on any atom is -0.505 e. The van der Waals surface area contributed by atoms with Crippen molar-refractivity contribution in [3.8, 4) is 16.9 Å². The molecule has 0 atom stereocenters. The molecule has 1 N–H and O–H groups in total. The zero-order valence-electron chi connectivity index (χ0n) is 16.0. The Hall–Kier alpha value is -1.04. The number of benzene rings is 1. The summed E-state index contributed by atoms with van der Waals surface area (Å²) in [6.07, 6.45) is 2.30. The molecule has 0 bridgehead atoms. The van der Waals surface area contributed by atoms with Gasteiger partial charge in [0, 0.05) is 45.7 Å². The summed E-state index contributed by atoms with van der Waals surface area (Å²) in [6.45, 7) is 5.95. The van der Waals surface area contributed by atoms with Gasteiger partial charge in [-0.2, -0.15) is 0 Å². The summed E-state index contributed by atoms with van der Waals surface area (Å²) in [5.41, 5.74) is 2.52. The number of aromatic hydroxyl groups is 1. The molecule has 1 saturated carbocycles. The van der Waals surface area contributed by atoms with E-state index in [0.717, 1.165) is 29.0 Å². The number of fused-ring (bicyclic) bond motifs is 1. The van der Waals surface area contributed by atoms with Crippen LogP contribution in [0.4, 0.5) is 0 Å². The molecular formula is C20H25N2O2SY-. The molecule has 2 heterocycles. The number of nitrogens with zero attached hydrogens (tertiary/aromatic N) is 2. The molecule has 1 aliphatic carbocycles. The van der Waals surface area contributed by atoms with E-state index in [0.29, 0.717) is 21.8 Å². The number of rotatable bonds is 2. The minimum atomic E-state index is -0.202. The van der Waals surface area contributed by atoms with Gasteiger partial charge >= 0.3 is 0 Å². The second-order valence-corrected chi connectivity index (χ2v) is 6.91. The summed E-state index contributed by atoms with van der Waals surface area (Å²) in [5.74, 6) is 0.575. The number of thiazole rings is 1. The Morgan fingerprint density at radius 3 is 2.42 bits per heavy atom.